The van der Waals surface area contributed by atoms with Gasteiger partial charge in [-0.05, 0) is 25.2 Å². The number of fused-ring (bicyclic) bond motifs is 2. The van der Waals surface area contributed by atoms with E-state index in [1.54, 1.807) is 0 Å². The highest BCUT2D eigenvalue weighted by molar-refractivity contribution is 6.02. The van der Waals surface area contributed by atoms with E-state index in [1.807, 2.05) is 0 Å². The first kappa shape index (κ1) is 7.77. The van der Waals surface area contributed by atoms with Crippen molar-refractivity contribution in [1.29, 1.82) is 0 Å². The molecule has 0 heterocycles. The Morgan fingerprint density at radius 3 is 2.75 bits per heavy atom. The number of ether oxygens (including phenoxy) is 1. The van der Waals surface area contributed by atoms with E-state index in [4.69, 9.17) is 0 Å². The van der Waals surface area contributed by atoms with Crippen LogP contribution in [0.3, 0.4) is 0 Å². The minimum atomic E-state index is -0.422. The van der Waals surface area contributed by atoms with Crippen molar-refractivity contribution in [3.63, 3.8) is 0 Å². The van der Waals surface area contributed by atoms with Gasteiger partial charge in [0.15, 0.2) is 0 Å². The molecule has 0 spiro atoms. The average Bonchev–Trinajstić information content (AvgIpc) is 2.63. The molecule has 0 aliphatic heterocycles. The van der Waals surface area contributed by atoms with Crippen LogP contribution < -0.4 is 0 Å². The summed E-state index contributed by atoms with van der Waals surface area (Å²) in [4.78, 5) is 22.6. The quantitative estimate of drug-likeness (QED) is 0.429. The van der Waals surface area contributed by atoms with E-state index in [0.717, 1.165) is 19.3 Å². The average molecular weight is 168 g/mol. The molecule has 66 valence electrons. The molecular formula is C9H12O3. The molecule has 3 heteroatoms. The van der Waals surface area contributed by atoms with Crippen LogP contribution in [-0.4, -0.2) is 18.9 Å². The summed E-state index contributed by atoms with van der Waals surface area (Å²) in [7, 11) is 1.35. The molecule has 2 fully saturated rings. The fraction of sp³-hybridized carbons (Fsp3) is 0.778. The van der Waals surface area contributed by atoms with Crippen LogP contribution in [0, 0.1) is 17.8 Å². The first-order valence-electron chi connectivity index (χ1n) is 4.35. The van der Waals surface area contributed by atoms with Crippen LogP contribution in [0.4, 0.5) is 0 Å². The smallest absolute Gasteiger partial charge is 0.316 e. The lowest BCUT2D eigenvalue weighted by atomic mass is 9.88. The molecular weight excluding hydrogens is 156 g/mol. The summed E-state index contributed by atoms with van der Waals surface area (Å²) in [5.41, 5.74) is 0. The van der Waals surface area contributed by atoms with Crippen molar-refractivity contribution in [3.05, 3.63) is 0 Å². The molecule has 0 N–H and O–H groups in total. The second-order valence-corrected chi connectivity index (χ2v) is 3.67. The Labute approximate surface area is 71.1 Å². The summed E-state index contributed by atoms with van der Waals surface area (Å²) in [6.45, 7) is 0. The molecule has 12 heavy (non-hydrogen) atoms. The number of rotatable bonds is 1. The maximum Gasteiger partial charge on any atom is 0.316 e. The summed E-state index contributed by atoms with van der Waals surface area (Å²) in [6.07, 6.45) is 2.92. The first-order valence-corrected chi connectivity index (χ1v) is 4.35. The Kier molecular flexibility index (Phi) is 1.67. The van der Waals surface area contributed by atoms with Crippen LogP contribution >= 0.6 is 0 Å². The third kappa shape index (κ3) is 0.886. The van der Waals surface area contributed by atoms with E-state index in [2.05, 4.69) is 4.74 Å². The molecule has 2 rings (SSSR count). The van der Waals surface area contributed by atoms with Gasteiger partial charge in [0.1, 0.15) is 11.7 Å². The molecule has 0 aromatic carbocycles. The third-order valence-electron chi connectivity index (χ3n) is 3.11. The summed E-state index contributed by atoms with van der Waals surface area (Å²) in [6, 6.07) is 0. The Morgan fingerprint density at radius 1 is 1.50 bits per heavy atom. The van der Waals surface area contributed by atoms with E-state index in [1.165, 1.54) is 7.11 Å². The number of methoxy groups -OCH3 is 1. The first-order chi connectivity index (χ1) is 5.74. The molecule has 3 atom stereocenters. The second-order valence-electron chi connectivity index (χ2n) is 3.67. The minimum Gasteiger partial charge on any atom is -0.468 e. The van der Waals surface area contributed by atoms with E-state index in [9.17, 15) is 9.59 Å². The van der Waals surface area contributed by atoms with Gasteiger partial charge in [0.25, 0.3) is 0 Å². The number of hydrogen-bond acceptors (Lipinski definition) is 3. The van der Waals surface area contributed by atoms with Crippen molar-refractivity contribution in [3.8, 4) is 0 Å². The Morgan fingerprint density at radius 2 is 2.25 bits per heavy atom. The third-order valence-corrected chi connectivity index (χ3v) is 3.11. The van der Waals surface area contributed by atoms with E-state index in [0.29, 0.717) is 0 Å². The van der Waals surface area contributed by atoms with Gasteiger partial charge in [-0.25, -0.2) is 0 Å². The van der Waals surface area contributed by atoms with Gasteiger partial charge in [0.05, 0.1) is 7.11 Å². The molecule has 0 aromatic rings. The van der Waals surface area contributed by atoms with E-state index >= 15 is 0 Å². The van der Waals surface area contributed by atoms with Crippen LogP contribution in [0.1, 0.15) is 19.3 Å². The lowest BCUT2D eigenvalue weighted by Gasteiger charge is -2.17. The van der Waals surface area contributed by atoms with Crippen molar-refractivity contribution < 1.29 is 14.3 Å². The minimum absolute atomic E-state index is 0.123. The fourth-order valence-electron chi connectivity index (χ4n) is 2.50. The maximum atomic E-state index is 11.5. The highest BCUT2D eigenvalue weighted by Crippen LogP contribution is 2.46. The van der Waals surface area contributed by atoms with Gasteiger partial charge >= 0.3 is 5.97 Å². The molecule has 0 radical (unpaired) electrons. The number of Topliss-reactive ketones (excluding diaryl/α,β-unsaturated/α-hetero) is 1. The topological polar surface area (TPSA) is 43.4 Å². The number of hydrogen-bond donors (Lipinski definition) is 0. The molecule has 0 saturated heterocycles. The lowest BCUT2D eigenvalue weighted by Crippen LogP contribution is -2.30. The highest BCUT2D eigenvalue weighted by atomic mass is 16.5. The summed E-state index contributed by atoms with van der Waals surface area (Å²) in [5.74, 6) is -0.173. The Balaban J connectivity index is 2.17. The van der Waals surface area contributed by atoms with E-state index < -0.39 is 5.92 Å². The van der Waals surface area contributed by atoms with Gasteiger partial charge in [0.2, 0.25) is 0 Å². The van der Waals surface area contributed by atoms with Gasteiger partial charge in [-0.3, -0.25) is 9.59 Å². The molecule has 0 unspecified atom stereocenters. The predicted octanol–water partition coefficient (Wildman–Crippen LogP) is 0.775. The van der Waals surface area contributed by atoms with Crippen molar-refractivity contribution in [1.82, 2.24) is 0 Å². The van der Waals surface area contributed by atoms with Gasteiger partial charge in [-0.2, -0.15) is 0 Å². The van der Waals surface area contributed by atoms with Crippen LogP contribution in [-0.2, 0) is 14.3 Å². The molecule has 0 aromatic heterocycles. The van der Waals surface area contributed by atoms with Crippen LogP contribution in [0.5, 0.6) is 0 Å². The second kappa shape index (κ2) is 2.57. The Bertz CT molecular complexity index is 234. The van der Waals surface area contributed by atoms with Gasteiger partial charge in [-0.1, -0.05) is 0 Å². The van der Waals surface area contributed by atoms with Crippen molar-refractivity contribution >= 4 is 11.8 Å². The van der Waals surface area contributed by atoms with Gasteiger partial charge < -0.3 is 4.74 Å². The zero-order valence-corrected chi connectivity index (χ0v) is 7.08. The molecule has 2 aliphatic rings. The highest BCUT2D eigenvalue weighted by Gasteiger charge is 2.50. The lowest BCUT2D eigenvalue weighted by molar-refractivity contribution is -0.151. The maximum absolute atomic E-state index is 11.5. The largest absolute Gasteiger partial charge is 0.468 e. The SMILES string of the molecule is COC(=O)[C@@H]1C(=O)[C@H]2CC[C@H]1C2. The summed E-state index contributed by atoms with van der Waals surface area (Å²) in [5, 5.41) is 0. The molecule has 3 nitrogen and oxygen atoms in total. The normalized spacial score (nSPS) is 38.8. The standard InChI is InChI=1S/C9H12O3/c1-12-9(11)7-5-2-3-6(4-5)8(7)10/h5-7H,2-4H2,1H3/t5-,6-,7-/m0/s1. The van der Waals surface area contributed by atoms with Crippen LogP contribution in [0.15, 0.2) is 0 Å². The predicted molar refractivity (Wildman–Crippen MR) is 41.3 cm³/mol. The van der Waals surface area contributed by atoms with Gasteiger partial charge in [-0.15, -0.1) is 0 Å². The summed E-state index contributed by atoms with van der Waals surface area (Å²) < 4.78 is 4.60. The van der Waals surface area contributed by atoms with Gasteiger partial charge in [0, 0.05) is 5.92 Å². The Hall–Kier alpha value is -0.860. The van der Waals surface area contributed by atoms with E-state index in [-0.39, 0.29) is 23.6 Å². The number of esters is 1. The molecule has 2 aliphatic carbocycles. The van der Waals surface area contributed by atoms with Crippen molar-refractivity contribution in [2.45, 2.75) is 19.3 Å². The van der Waals surface area contributed by atoms with Crippen molar-refractivity contribution in [2.75, 3.05) is 7.11 Å². The zero-order chi connectivity index (χ0) is 8.72. The fourth-order valence-corrected chi connectivity index (χ4v) is 2.50. The number of ketones is 1. The summed E-state index contributed by atoms with van der Waals surface area (Å²) >= 11 is 0. The molecule has 0 amide bonds. The van der Waals surface area contributed by atoms with Crippen LogP contribution in [0.25, 0.3) is 0 Å². The zero-order valence-electron chi connectivity index (χ0n) is 7.08. The number of carbonyl (C=O) groups excluding carboxylic acids is 2. The molecule has 2 bridgehead atoms. The number of carbonyl (C=O) groups is 2. The van der Waals surface area contributed by atoms with Crippen LogP contribution in [0.2, 0.25) is 0 Å². The van der Waals surface area contributed by atoms with Crippen molar-refractivity contribution in [2.24, 2.45) is 17.8 Å². The molecule has 2 saturated carbocycles. The monoisotopic (exact) mass is 168 g/mol.